The van der Waals surface area contributed by atoms with E-state index in [-0.39, 0.29) is 35.9 Å². The third-order valence-electron chi connectivity index (χ3n) is 7.99. The molecule has 0 bridgehead atoms. The Morgan fingerprint density at radius 2 is 1.65 bits per heavy atom. The second-order valence-corrected chi connectivity index (χ2v) is 11.3. The van der Waals surface area contributed by atoms with Gasteiger partial charge in [-0.1, -0.05) is 82.1 Å². The molecule has 0 aromatic heterocycles. The SMILES string of the molecule is CC(C)(C)C(=O)N[C@@H]1CCCC[C@@H]1C(=O)N1CC[C@@H]2[C@H](c3ccccc3)Nc3ccccc3[C@@H]21. The summed E-state index contributed by atoms with van der Waals surface area (Å²) in [6.07, 6.45) is 4.82. The topological polar surface area (TPSA) is 61.4 Å². The molecule has 2 aliphatic heterocycles. The first-order valence-corrected chi connectivity index (χ1v) is 12.9. The molecular weight excluding hydrogens is 422 g/mol. The average Bonchev–Trinajstić information content (AvgIpc) is 3.29. The van der Waals surface area contributed by atoms with Gasteiger partial charge < -0.3 is 15.5 Å². The molecule has 0 radical (unpaired) electrons. The molecule has 5 nitrogen and oxygen atoms in total. The molecule has 34 heavy (non-hydrogen) atoms. The van der Waals surface area contributed by atoms with Crippen molar-refractivity contribution in [3.8, 4) is 0 Å². The lowest BCUT2D eigenvalue weighted by Crippen LogP contribution is -2.52. The molecule has 5 heteroatoms. The molecule has 2 fully saturated rings. The summed E-state index contributed by atoms with van der Waals surface area (Å²) >= 11 is 0. The van der Waals surface area contributed by atoms with Crippen molar-refractivity contribution in [3.63, 3.8) is 0 Å². The minimum absolute atomic E-state index is 0.0350. The number of nitrogens with zero attached hydrogens (tertiary/aromatic N) is 1. The van der Waals surface area contributed by atoms with Gasteiger partial charge in [0.2, 0.25) is 11.8 Å². The van der Waals surface area contributed by atoms with Gasteiger partial charge in [0.1, 0.15) is 0 Å². The zero-order valence-corrected chi connectivity index (χ0v) is 20.6. The van der Waals surface area contributed by atoms with Crippen molar-refractivity contribution in [2.24, 2.45) is 17.3 Å². The summed E-state index contributed by atoms with van der Waals surface area (Å²) in [5.74, 6) is 0.436. The second kappa shape index (κ2) is 9.09. The number of hydrogen-bond acceptors (Lipinski definition) is 3. The van der Waals surface area contributed by atoms with E-state index in [1.54, 1.807) is 0 Å². The van der Waals surface area contributed by atoms with Crippen LogP contribution in [0.2, 0.25) is 0 Å². The van der Waals surface area contributed by atoms with Crippen LogP contribution >= 0.6 is 0 Å². The highest BCUT2D eigenvalue weighted by atomic mass is 16.2. The molecule has 1 saturated heterocycles. The van der Waals surface area contributed by atoms with Crippen LogP contribution in [-0.4, -0.2) is 29.3 Å². The van der Waals surface area contributed by atoms with Crippen molar-refractivity contribution in [2.45, 2.75) is 71.0 Å². The normalized spacial score (nSPS) is 28.4. The van der Waals surface area contributed by atoms with E-state index in [2.05, 4.69) is 70.1 Å². The summed E-state index contributed by atoms with van der Waals surface area (Å²) in [6.45, 7) is 6.57. The van der Waals surface area contributed by atoms with Crippen molar-refractivity contribution in [1.82, 2.24) is 10.2 Å². The van der Waals surface area contributed by atoms with Crippen LogP contribution in [0.15, 0.2) is 54.6 Å². The van der Waals surface area contributed by atoms with Gasteiger partial charge in [-0.25, -0.2) is 0 Å². The van der Waals surface area contributed by atoms with Crippen LogP contribution in [0.1, 0.15) is 76.1 Å². The quantitative estimate of drug-likeness (QED) is 0.640. The lowest BCUT2D eigenvalue weighted by molar-refractivity contribution is -0.140. The number of likely N-dealkylation sites (tertiary alicyclic amines) is 1. The standard InChI is InChI=1S/C29H37N3O2/c1-29(2,3)28(34)31-24-16-10-8-14-21(24)27(33)32-18-17-22-25(19-11-5-4-6-12-19)30-23-15-9-7-13-20(23)26(22)32/h4-7,9,11-13,15,21-22,24-26,30H,8,10,14,16-18H2,1-3H3,(H,31,34)/t21-,22+,24+,25-,26-/m0/s1. The predicted molar refractivity (Wildman–Crippen MR) is 135 cm³/mol. The van der Waals surface area contributed by atoms with Crippen LogP contribution in [0.25, 0.3) is 0 Å². The number of amides is 2. The fraction of sp³-hybridized carbons (Fsp3) is 0.517. The Morgan fingerprint density at radius 3 is 2.41 bits per heavy atom. The molecule has 2 amide bonds. The molecular formula is C29H37N3O2. The number of rotatable bonds is 3. The summed E-state index contributed by atoms with van der Waals surface area (Å²) in [5, 5.41) is 7.02. The Kier molecular flexibility index (Phi) is 6.13. The summed E-state index contributed by atoms with van der Waals surface area (Å²) < 4.78 is 0. The molecule has 5 rings (SSSR count). The van der Waals surface area contributed by atoms with Gasteiger partial charge >= 0.3 is 0 Å². The lowest BCUT2D eigenvalue weighted by atomic mass is 9.79. The highest BCUT2D eigenvalue weighted by Crippen LogP contribution is 2.51. The minimum atomic E-state index is -0.458. The number of carbonyl (C=O) groups is 2. The van der Waals surface area contributed by atoms with Crippen LogP contribution in [-0.2, 0) is 9.59 Å². The Balaban J connectivity index is 1.44. The fourth-order valence-corrected chi connectivity index (χ4v) is 6.16. The van der Waals surface area contributed by atoms with E-state index < -0.39 is 5.41 Å². The highest BCUT2D eigenvalue weighted by molar-refractivity contribution is 5.85. The third-order valence-corrected chi connectivity index (χ3v) is 7.99. The van der Waals surface area contributed by atoms with Crippen LogP contribution in [0, 0.1) is 17.3 Å². The molecule has 180 valence electrons. The van der Waals surface area contributed by atoms with Gasteiger partial charge in [0, 0.05) is 29.6 Å². The molecule has 1 aliphatic carbocycles. The van der Waals surface area contributed by atoms with E-state index in [1.807, 2.05) is 20.8 Å². The molecule has 2 heterocycles. The number of fused-ring (bicyclic) bond motifs is 3. The van der Waals surface area contributed by atoms with Crippen molar-refractivity contribution in [1.29, 1.82) is 0 Å². The van der Waals surface area contributed by atoms with Gasteiger partial charge in [-0.2, -0.15) is 0 Å². The zero-order chi connectivity index (χ0) is 23.9. The van der Waals surface area contributed by atoms with Gasteiger partial charge in [-0.05, 0) is 36.5 Å². The Hall–Kier alpha value is -2.82. The van der Waals surface area contributed by atoms with Crippen molar-refractivity contribution in [2.75, 3.05) is 11.9 Å². The first-order chi connectivity index (χ1) is 16.3. The number of carbonyl (C=O) groups excluding carboxylic acids is 2. The summed E-state index contributed by atoms with van der Waals surface area (Å²) in [6, 6.07) is 19.2. The van der Waals surface area contributed by atoms with Gasteiger partial charge in [0.05, 0.1) is 18.0 Å². The van der Waals surface area contributed by atoms with E-state index in [9.17, 15) is 9.59 Å². The zero-order valence-electron chi connectivity index (χ0n) is 20.6. The number of para-hydroxylation sites is 1. The Morgan fingerprint density at radius 1 is 0.941 bits per heavy atom. The smallest absolute Gasteiger partial charge is 0.228 e. The average molecular weight is 460 g/mol. The van der Waals surface area contributed by atoms with Gasteiger partial charge in [-0.3, -0.25) is 9.59 Å². The number of anilines is 1. The van der Waals surface area contributed by atoms with Crippen LogP contribution in [0.5, 0.6) is 0 Å². The molecule has 1 saturated carbocycles. The van der Waals surface area contributed by atoms with Crippen molar-refractivity contribution < 1.29 is 9.59 Å². The number of hydrogen-bond donors (Lipinski definition) is 2. The lowest BCUT2D eigenvalue weighted by Gasteiger charge is -2.42. The largest absolute Gasteiger partial charge is 0.378 e. The molecule has 0 spiro atoms. The van der Waals surface area contributed by atoms with E-state index in [0.717, 1.165) is 44.3 Å². The summed E-state index contributed by atoms with van der Waals surface area (Å²) in [4.78, 5) is 29.0. The second-order valence-electron chi connectivity index (χ2n) is 11.3. The molecule has 2 aromatic carbocycles. The van der Waals surface area contributed by atoms with E-state index in [0.29, 0.717) is 5.92 Å². The molecule has 3 aliphatic rings. The van der Waals surface area contributed by atoms with Crippen molar-refractivity contribution in [3.05, 3.63) is 65.7 Å². The van der Waals surface area contributed by atoms with E-state index >= 15 is 0 Å². The van der Waals surface area contributed by atoms with Gasteiger partial charge in [0.15, 0.2) is 0 Å². The number of nitrogens with one attached hydrogen (secondary N) is 2. The maximum absolute atomic E-state index is 14.1. The molecule has 5 atom stereocenters. The van der Waals surface area contributed by atoms with Crippen LogP contribution < -0.4 is 10.6 Å². The number of benzene rings is 2. The molecule has 2 N–H and O–H groups in total. The maximum atomic E-state index is 14.1. The van der Waals surface area contributed by atoms with E-state index in [4.69, 9.17) is 0 Å². The van der Waals surface area contributed by atoms with E-state index in [1.165, 1.54) is 11.1 Å². The minimum Gasteiger partial charge on any atom is -0.378 e. The Bertz CT molecular complexity index is 1040. The predicted octanol–water partition coefficient (Wildman–Crippen LogP) is 5.46. The molecule has 2 aromatic rings. The molecule has 0 unspecified atom stereocenters. The highest BCUT2D eigenvalue weighted by Gasteiger charge is 2.48. The first-order valence-electron chi connectivity index (χ1n) is 12.9. The Labute approximate surface area is 203 Å². The van der Waals surface area contributed by atoms with Crippen molar-refractivity contribution >= 4 is 17.5 Å². The summed E-state index contributed by atoms with van der Waals surface area (Å²) in [5.41, 5.74) is 3.16. The van der Waals surface area contributed by atoms with Gasteiger partial charge in [-0.15, -0.1) is 0 Å². The monoisotopic (exact) mass is 459 g/mol. The summed E-state index contributed by atoms with van der Waals surface area (Å²) in [7, 11) is 0. The van der Waals surface area contributed by atoms with Gasteiger partial charge in [0.25, 0.3) is 0 Å². The fourth-order valence-electron chi connectivity index (χ4n) is 6.16. The third kappa shape index (κ3) is 4.21. The van der Waals surface area contributed by atoms with Crippen LogP contribution in [0.4, 0.5) is 5.69 Å². The van der Waals surface area contributed by atoms with Crippen LogP contribution in [0.3, 0.4) is 0 Å². The maximum Gasteiger partial charge on any atom is 0.228 e. The first kappa shape index (κ1) is 22.9.